The third-order valence-corrected chi connectivity index (χ3v) is 3.92. The van der Waals surface area contributed by atoms with E-state index in [1.165, 1.54) is 4.90 Å². The smallest absolute Gasteiger partial charge is 0.248 e. The van der Waals surface area contributed by atoms with Crippen LogP contribution in [0.1, 0.15) is 37.8 Å². The highest BCUT2D eigenvalue weighted by atomic mass is 16.5. The van der Waals surface area contributed by atoms with Crippen molar-refractivity contribution >= 4 is 11.8 Å². The van der Waals surface area contributed by atoms with E-state index in [0.29, 0.717) is 25.3 Å². The summed E-state index contributed by atoms with van der Waals surface area (Å²) in [4.78, 5) is 27.0. The Kier molecular flexibility index (Phi) is 5.95. The van der Waals surface area contributed by atoms with Crippen molar-refractivity contribution < 1.29 is 19.4 Å². The standard InChI is InChI=1S/C16H26N4O4/c1-11(2)24-10-16(23)19-5-6-20-12(9-19)7-13(17-20)14(21)8-15(22)18(3)4/h7,11,14,21H,5-6,8-10H2,1-4H3/t14-/m0/s1. The van der Waals surface area contributed by atoms with Crippen molar-refractivity contribution in [3.05, 3.63) is 17.5 Å². The van der Waals surface area contributed by atoms with Gasteiger partial charge in [-0.25, -0.2) is 0 Å². The molecule has 2 heterocycles. The van der Waals surface area contributed by atoms with Crippen molar-refractivity contribution in [1.29, 1.82) is 0 Å². The SMILES string of the molecule is CC(C)OCC(=O)N1CCn2nc([C@@H](O)CC(=O)N(C)C)cc2C1. The predicted octanol–water partition coefficient (Wildman–Crippen LogP) is 0.162. The van der Waals surface area contributed by atoms with E-state index in [1.54, 1.807) is 29.7 Å². The number of rotatable bonds is 6. The molecule has 1 aliphatic heterocycles. The van der Waals surface area contributed by atoms with Crippen LogP contribution >= 0.6 is 0 Å². The van der Waals surface area contributed by atoms with Gasteiger partial charge in [0.05, 0.1) is 37.0 Å². The molecule has 8 heteroatoms. The van der Waals surface area contributed by atoms with Gasteiger partial charge in [0.25, 0.3) is 0 Å². The van der Waals surface area contributed by atoms with Crippen molar-refractivity contribution in [2.24, 2.45) is 0 Å². The molecule has 0 radical (unpaired) electrons. The second-order valence-electron chi connectivity index (χ2n) is 6.47. The molecule has 2 rings (SSSR count). The molecule has 24 heavy (non-hydrogen) atoms. The highest BCUT2D eigenvalue weighted by Gasteiger charge is 2.25. The molecule has 2 amide bonds. The first kappa shape index (κ1) is 18.4. The van der Waals surface area contributed by atoms with Gasteiger partial charge in [-0.1, -0.05) is 0 Å². The van der Waals surface area contributed by atoms with Crippen LogP contribution in [0.4, 0.5) is 0 Å². The average molecular weight is 338 g/mol. The van der Waals surface area contributed by atoms with Crippen LogP contribution < -0.4 is 0 Å². The zero-order chi connectivity index (χ0) is 17.9. The molecule has 8 nitrogen and oxygen atoms in total. The van der Waals surface area contributed by atoms with E-state index in [0.717, 1.165) is 5.69 Å². The molecule has 1 aliphatic rings. The van der Waals surface area contributed by atoms with Crippen LogP contribution in [0.5, 0.6) is 0 Å². The molecule has 0 aliphatic carbocycles. The van der Waals surface area contributed by atoms with Gasteiger partial charge in [-0.05, 0) is 19.9 Å². The zero-order valence-corrected chi connectivity index (χ0v) is 14.7. The van der Waals surface area contributed by atoms with Gasteiger partial charge in [0.15, 0.2) is 0 Å². The molecule has 1 N–H and O–H groups in total. The number of aliphatic hydroxyl groups excluding tert-OH is 1. The molecule has 0 bridgehead atoms. The van der Waals surface area contributed by atoms with Gasteiger partial charge in [-0.2, -0.15) is 5.10 Å². The number of aromatic nitrogens is 2. The fraction of sp³-hybridized carbons (Fsp3) is 0.688. The van der Waals surface area contributed by atoms with Crippen LogP contribution in [0.3, 0.4) is 0 Å². The zero-order valence-electron chi connectivity index (χ0n) is 14.7. The summed E-state index contributed by atoms with van der Waals surface area (Å²) in [5, 5.41) is 14.5. The number of carbonyl (C=O) groups excluding carboxylic acids is 2. The second kappa shape index (κ2) is 7.76. The van der Waals surface area contributed by atoms with E-state index in [-0.39, 0.29) is 30.9 Å². The largest absolute Gasteiger partial charge is 0.386 e. The maximum Gasteiger partial charge on any atom is 0.248 e. The van der Waals surface area contributed by atoms with Gasteiger partial charge >= 0.3 is 0 Å². The maximum absolute atomic E-state index is 12.1. The summed E-state index contributed by atoms with van der Waals surface area (Å²) >= 11 is 0. The van der Waals surface area contributed by atoms with Crippen LogP contribution in [0.2, 0.25) is 0 Å². The van der Waals surface area contributed by atoms with Crippen LogP contribution in [0.15, 0.2) is 6.07 Å². The number of aliphatic hydroxyl groups is 1. The van der Waals surface area contributed by atoms with Crippen LogP contribution in [-0.2, 0) is 27.4 Å². The van der Waals surface area contributed by atoms with E-state index in [4.69, 9.17) is 4.74 Å². The summed E-state index contributed by atoms with van der Waals surface area (Å²) in [6.07, 6.45) is -0.930. The molecule has 0 saturated carbocycles. The lowest BCUT2D eigenvalue weighted by Crippen LogP contribution is -2.40. The van der Waals surface area contributed by atoms with Crippen LogP contribution in [0.25, 0.3) is 0 Å². The van der Waals surface area contributed by atoms with Crippen molar-refractivity contribution in [2.75, 3.05) is 27.2 Å². The summed E-state index contributed by atoms with van der Waals surface area (Å²) in [5.74, 6) is -0.211. The van der Waals surface area contributed by atoms with E-state index in [1.807, 2.05) is 13.8 Å². The number of fused-ring (bicyclic) bond motifs is 1. The molecule has 0 aromatic carbocycles. The Bertz CT molecular complexity index is 597. The summed E-state index contributed by atoms with van der Waals surface area (Å²) < 4.78 is 7.14. The van der Waals surface area contributed by atoms with Crippen molar-refractivity contribution in [2.45, 2.75) is 45.6 Å². The molecule has 0 spiro atoms. The molecule has 1 aromatic heterocycles. The van der Waals surface area contributed by atoms with E-state index in [2.05, 4.69) is 5.10 Å². The first-order chi connectivity index (χ1) is 11.3. The fourth-order valence-corrected chi connectivity index (χ4v) is 2.45. The maximum atomic E-state index is 12.1. The van der Waals surface area contributed by atoms with Gasteiger partial charge in [0.1, 0.15) is 12.7 Å². The number of hydrogen-bond donors (Lipinski definition) is 1. The number of nitrogens with zero attached hydrogens (tertiary/aromatic N) is 4. The minimum atomic E-state index is -0.938. The molecule has 1 aromatic rings. The number of ether oxygens (including phenoxy) is 1. The van der Waals surface area contributed by atoms with Gasteiger partial charge in [-0.15, -0.1) is 0 Å². The third kappa shape index (κ3) is 4.55. The normalized spacial score (nSPS) is 15.3. The highest BCUT2D eigenvalue weighted by molar-refractivity contribution is 5.77. The summed E-state index contributed by atoms with van der Waals surface area (Å²) in [5.41, 5.74) is 1.32. The lowest BCUT2D eigenvalue weighted by molar-refractivity contribution is -0.139. The molecular formula is C16H26N4O4. The fourth-order valence-electron chi connectivity index (χ4n) is 2.45. The Balaban J connectivity index is 1.99. The topological polar surface area (TPSA) is 87.9 Å². The molecule has 0 saturated heterocycles. The third-order valence-electron chi connectivity index (χ3n) is 3.92. The minimum absolute atomic E-state index is 0.00563. The Labute approximate surface area is 142 Å². The summed E-state index contributed by atoms with van der Waals surface area (Å²) in [6.45, 7) is 5.40. The predicted molar refractivity (Wildman–Crippen MR) is 87.0 cm³/mol. The Hall–Kier alpha value is -1.93. The monoisotopic (exact) mass is 338 g/mol. The first-order valence-electron chi connectivity index (χ1n) is 8.12. The highest BCUT2D eigenvalue weighted by Crippen LogP contribution is 2.21. The number of amides is 2. The first-order valence-corrected chi connectivity index (χ1v) is 8.12. The molecule has 0 unspecified atom stereocenters. The lowest BCUT2D eigenvalue weighted by atomic mass is 10.1. The van der Waals surface area contributed by atoms with Crippen LogP contribution in [0, 0.1) is 0 Å². The van der Waals surface area contributed by atoms with E-state index >= 15 is 0 Å². The van der Waals surface area contributed by atoms with Crippen molar-refractivity contribution in [3.8, 4) is 0 Å². The quantitative estimate of drug-likeness (QED) is 0.798. The Morgan fingerprint density at radius 2 is 2.08 bits per heavy atom. The number of carbonyl (C=O) groups is 2. The average Bonchev–Trinajstić information content (AvgIpc) is 2.95. The van der Waals surface area contributed by atoms with Gasteiger partial charge in [-0.3, -0.25) is 14.3 Å². The van der Waals surface area contributed by atoms with E-state index < -0.39 is 6.10 Å². The molecule has 0 fully saturated rings. The Morgan fingerprint density at radius 1 is 1.38 bits per heavy atom. The van der Waals surface area contributed by atoms with Gasteiger partial charge in [0, 0.05) is 20.6 Å². The minimum Gasteiger partial charge on any atom is -0.386 e. The van der Waals surface area contributed by atoms with Crippen molar-refractivity contribution in [1.82, 2.24) is 19.6 Å². The molecule has 134 valence electrons. The van der Waals surface area contributed by atoms with Crippen molar-refractivity contribution in [3.63, 3.8) is 0 Å². The lowest BCUT2D eigenvalue weighted by Gasteiger charge is -2.27. The summed E-state index contributed by atoms with van der Waals surface area (Å²) in [7, 11) is 3.30. The second-order valence-corrected chi connectivity index (χ2v) is 6.47. The van der Waals surface area contributed by atoms with Crippen LogP contribution in [-0.4, -0.2) is 69.9 Å². The van der Waals surface area contributed by atoms with Gasteiger partial charge < -0.3 is 19.6 Å². The number of hydrogen-bond acceptors (Lipinski definition) is 5. The summed E-state index contributed by atoms with van der Waals surface area (Å²) in [6, 6.07) is 1.76. The molecule has 1 atom stereocenters. The van der Waals surface area contributed by atoms with Gasteiger partial charge in [0.2, 0.25) is 11.8 Å². The van der Waals surface area contributed by atoms with E-state index in [9.17, 15) is 14.7 Å². The Morgan fingerprint density at radius 3 is 2.71 bits per heavy atom. The molecular weight excluding hydrogens is 312 g/mol.